The summed E-state index contributed by atoms with van der Waals surface area (Å²) in [6.07, 6.45) is -4.46. The number of carboxylic acid groups (broad SMARTS) is 1. The van der Waals surface area contributed by atoms with Gasteiger partial charge in [0, 0.05) is 0 Å². The summed E-state index contributed by atoms with van der Waals surface area (Å²) in [5.41, 5.74) is -0.789. The zero-order chi connectivity index (χ0) is 11.6. The van der Waals surface area contributed by atoms with Crippen LogP contribution in [0.1, 0.15) is 16.0 Å². The Kier molecular flexibility index (Phi) is 3.38. The highest BCUT2D eigenvalue weighted by molar-refractivity contribution is 9.09. The summed E-state index contributed by atoms with van der Waals surface area (Å²) in [7, 11) is 0. The second-order valence-electron chi connectivity index (χ2n) is 2.82. The Labute approximate surface area is 91.8 Å². The molecule has 1 unspecified atom stereocenters. The van der Waals surface area contributed by atoms with Gasteiger partial charge >= 0.3 is 12.1 Å². The summed E-state index contributed by atoms with van der Waals surface area (Å²) < 4.78 is 36.8. The van der Waals surface area contributed by atoms with Gasteiger partial charge in [-0.1, -0.05) is 34.1 Å². The Hall–Kier alpha value is -1.04. The Bertz CT molecular complexity index is 376. The SMILES string of the molecule is O=C(O)C(Br)c1cccc(C(F)(F)F)c1. The molecule has 1 N–H and O–H groups in total. The second-order valence-corrected chi connectivity index (χ2v) is 3.74. The first-order valence-electron chi connectivity index (χ1n) is 3.86. The number of hydrogen-bond acceptors (Lipinski definition) is 1. The fourth-order valence-corrected chi connectivity index (χ4v) is 1.30. The molecule has 0 amide bonds. The summed E-state index contributed by atoms with van der Waals surface area (Å²) in [6, 6.07) is 4.21. The molecular formula is C9H6BrF3O2. The number of hydrogen-bond donors (Lipinski definition) is 1. The molecule has 6 heteroatoms. The highest BCUT2D eigenvalue weighted by Crippen LogP contribution is 2.32. The highest BCUT2D eigenvalue weighted by Gasteiger charge is 2.31. The average molecular weight is 283 g/mol. The van der Waals surface area contributed by atoms with E-state index in [0.717, 1.165) is 12.1 Å². The van der Waals surface area contributed by atoms with Gasteiger partial charge in [-0.15, -0.1) is 0 Å². The van der Waals surface area contributed by atoms with Crippen molar-refractivity contribution in [2.45, 2.75) is 11.0 Å². The van der Waals surface area contributed by atoms with Crippen LogP contribution in [-0.2, 0) is 11.0 Å². The smallest absolute Gasteiger partial charge is 0.416 e. The summed E-state index contributed by atoms with van der Waals surface area (Å²) in [5, 5.41) is 8.60. The van der Waals surface area contributed by atoms with Gasteiger partial charge in [-0.2, -0.15) is 13.2 Å². The second kappa shape index (κ2) is 4.22. The van der Waals surface area contributed by atoms with E-state index in [0.29, 0.717) is 0 Å². The maximum atomic E-state index is 12.3. The fraction of sp³-hybridized carbons (Fsp3) is 0.222. The molecule has 0 fully saturated rings. The van der Waals surface area contributed by atoms with Crippen molar-refractivity contribution in [3.05, 3.63) is 35.4 Å². The van der Waals surface area contributed by atoms with Crippen LogP contribution in [0, 0.1) is 0 Å². The van der Waals surface area contributed by atoms with Gasteiger partial charge in [-0.05, 0) is 11.6 Å². The van der Waals surface area contributed by atoms with Crippen LogP contribution in [0.15, 0.2) is 24.3 Å². The maximum Gasteiger partial charge on any atom is 0.416 e. The van der Waals surface area contributed by atoms with Crippen LogP contribution >= 0.6 is 15.9 Å². The molecule has 0 bridgehead atoms. The Morgan fingerprint density at radius 2 is 2.00 bits per heavy atom. The summed E-state index contributed by atoms with van der Waals surface area (Å²) in [5.74, 6) is -1.23. The van der Waals surface area contributed by atoms with Crippen LogP contribution in [-0.4, -0.2) is 11.1 Å². The van der Waals surface area contributed by atoms with Gasteiger partial charge in [-0.3, -0.25) is 4.79 Å². The lowest BCUT2D eigenvalue weighted by molar-refractivity contribution is -0.138. The van der Waals surface area contributed by atoms with Crippen LogP contribution in [0.4, 0.5) is 13.2 Å². The van der Waals surface area contributed by atoms with Crippen molar-refractivity contribution < 1.29 is 23.1 Å². The number of aliphatic carboxylic acids is 1. The zero-order valence-corrected chi connectivity index (χ0v) is 8.84. The molecule has 0 aromatic heterocycles. The predicted molar refractivity (Wildman–Crippen MR) is 50.7 cm³/mol. The summed E-state index contributed by atoms with van der Waals surface area (Å²) in [6.45, 7) is 0. The molecule has 0 heterocycles. The van der Waals surface area contributed by atoms with Gasteiger partial charge in [0.25, 0.3) is 0 Å². The van der Waals surface area contributed by atoms with Crippen molar-refractivity contribution in [1.29, 1.82) is 0 Å². The van der Waals surface area contributed by atoms with Crippen LogP contribution in [0.2, 0.25) is 0 Å². The number of carboxylic acids is 1. The molecule has 0 spiro atoms. The van der Waals surface area contributed by atoms with E-state index < -0.39 is 22.5 Å². The normalized spacial score (nSPS) is 13.6. The van der Waals surface area contributed by atoms with Crippen molar-refractivity contribution in [3.63, 3.8) is 0 Å². The minimum Gasteiger partial charge on any atom is -0.480 e. The lowest BCUT2D eigenvalue weighted by atomic mass is 10.1. The standard InChI is InChI=1S/C9H6BrF3O2/c10-7(8(14)15)5-2-1-3-6(4-5)9(11,12)13/h1-4,7H,(H,14,15). The Balaban J connectivity index is 3.08. The number of alkyl halides is 4. The van der Waals surface area contributed by atoms with Gasteiger partial charge in [0.1, 0.15) is 4.83 Å². The van der Waals surface area contributed by atoms with Crippen LogP contribution in [0.5, 0.6) is 0 Å². The van der Waals surface area contributed by atoms with Gasteiger partial charge in [0.05, 0.1) is 5.56 Å². The van der Waals surface area contributed by atoms with E-state index in [1.807, 2.05) is 0 Å². The van der Waals surface area contributed by atoms with E-state index in [9.17, 15) is 18.0 Å². The fourth-order valence-electron chi connectivity index (χ4n) is 1.02. The largest absolute Gasteiger partial charge is 0.480 e. The predicted octanol–water partition coefficient (Wildman–Crippen LogP) is 3.23. The van der Waals surface area contributed by atoms with E-state index in [-0.39, 0.29) is 5.56 Å². The van der Waals surface area contributed by atoms with E-state index in [4.69, 9.17) is 5.11 Å². The molecule has 82 valence electrons. The lowest BCUT2D eigenvalue weighted by Gasteiger charge is -2.10. The average Bonchev–Trinajstić information content (AvgIpc) is 2.15. The van der Waals surface area contributed by atoms with E-state index in [1.165, 1.54) is 12.1 Å². The monoisotopic (exact) mass is 282 g/mol. The Morgan fingerprint density at radius 1 is 1.40 bits per heavy atom. The first-order valence-corrected chi connectivity index (χ1v) is 4.78. The molecule has 15 heavy (non-hydrogen) atoms. The topological polar surface area (TPSA) is 37.3 Å². The number of rotatable bonds is 2. The van der Waals surface area contributed by atoms with Crippen molar-refractivity contribution in [1.82, 2.24) is 0 Å². The number of benzene rings is 1. The number of halogens is 4. The molecule has 0 aliphatic rings. The minimum atomic E-state index is -4.46. The van der Waals surface area contributed by atoms with E-state index in [1.54, 1.807) is 0 Å². The van der Waals surface area contributed by atoms with Crippen LogP contribution < -0.4 is 0 Å². The summed E-state index contributed by atoms with van der Waals surface area (Å²) in [4.78, 5) is 9.41. The van der Waals surface area contributed by atoms with Gasteiger partial charge in [-0.25, -0.2) is 0 Å². The molecule has 0 aliphatic carbocycles. The van der Waals surface area contributed by atoms with Gasteiger partial charge < -0.3 is 5.11 Å². The molecule has 2 nitrogen and oxygen atoms in total. The lowest BCUT2D eigenvalue weighted by Crippen LogP contribution is -2.08. The third kappa shape index (κ3) is 2.95. The third-order valence-corrected chi connectivity index (χ3v) is 2.64. The quantitative estimate of drug-likeness (QED) is 0.846. The van der Waals surface area contributed by atoms with Crippen LogP contribution in [0.3, 0.4) is 0 Å². The molecule has 1 aromatic rings. The minimum absolute atomic E-state index is 0.0670. The molecule has 1 aromatic carbocycles. The number of carbonyl (C=O) groups is 1. The molecule has 0 saturated carbocycles. The van der Waals surface area contributed by atoms with Crippen molar-refractivity contribution in [2.24, 2.45) is 0 Å². The van der Waals surface area contributed by atoms with Gasteiger partial charge in [0.15, 0.2) is 0 Å². The summed E-state index contributed by atoms with van der Waals surface area (Å²) >= 11 is 2.78. The van der Waals surface area contributed by atoms with Crippen molar-refractivity contribution >= 4 is 21.9 Å². The molecular weight excluding hydrogens is 277 g/mol. The molecule has 0 aliphatic heterocycles. The van der Waals surface area contributed by atoms with Gasteiger partial charge in [0.2, 0.25) is 0 Å². The maximum absolute atomic E-state index is 12.3. The van der Waals surface area contributed by atoms with E-state index >= 15 is 0 Å². The molecule has 1 rings (SSSR count). The van der Waals surface area contributed by atoms with Crippen molar-refractivity contribution in [3.8, 4) is 0 Å². The zero-order valence-electron chi connectivity index (χ0n) is 7.25. The Morgan fingerprint density at radius 3 is 2.47 bits per heavy atom. The molecule has 0 saturated heterocycles. The molecule has 0 radical (unpaired) electrons. The highest BCUT2D eigenvalue weighted by atomic mass is 79.9. The molecule has 1 atom stereocenters. The van der Waals surface area contributed by atoms with Crippen molar-refractivity contribution in [2.75, 3.05) is 0 Å². The third-order valence-electron chi connectivity index (χ3n) is 1.72. The van der Waals surface area contributed by atoms with E-state index in [2.05, 4.69) is 15.9 Å². The van der Waals surface area contributed by atoms with Crippen LogP contribution in [0.25, 0.3) is 0 Å². The first kappa shape index (κ1) is 12.0. The first-order chi connectivity index (χ1) is 6.82.